The number of aliphatic hydroxyl groups excluding tert-OH is 1. The molecular formula is C19H28N2O2. The first-order valence-electron chi connectivity index (χ1n) is 8.86. The molecule has 0 saturated carbocycles. The summed E-state index contributed by atoms with van der Waals surface area (Å²) in [6, 6.07) is 10.7. The summed E-state index contributed by atoms with van der Waals surface area (Å²) in [6.45, 7) is 4.99. The molecule has 2 aliphatic rings. The van der Waals surface area contributed by atoms with Gasteiger partial charge in [0, 0.05) is 44.6 Å². The number of aliphatic hydroxyl groups is 1. The Morgan fingerprint density at radius 2 is 1.96 bits per heavy atom. The van der Waals surface area contributed by atoms with E-state index in [2.05, 4.69) is 35.2 Å². The molecule has 2 fully saturated rings. The van der Waals surface area contributed by atoms with Gasteiger partial charge in [-0.1, -0.05) is 30.3 Å². The van der Waals surface area contributed by atoms with Crippen LogP contribution in [0.15, 0.2) is 30.3 Å². The van der Waals surface area contributed by atoms with Gasteiger partial charge in [0.15, 0.2) is 0 Å². The van der Waals surface area contributed by atoms with Gasteiger partial charge in [-0.05, 0) is 37.8 Å². The Bertz CT molecular complexity index is 519. The van der Waals surface area contributed by atoms with E-state index in [4.69, 9.17) is 5.11 Å². The van der Waals surface area contributed by atoms with Crippen LogP contribution in [0.4, 0.5) is 0 Å². The van der Waals surface area contributed by atoms with Crippen molar-refractivity contribution >= 4 is 5.91 Å². The van der Waals surface area contributed by atoms with Crippen molar-refractivity contribution in [2.75, 3.05) is 32.8 Å². The number of piperidine rings is 2. The van der Waals surface area contributed by atoms with Crippen LogP contribution in [0.2, 0.25) is 0 Å². The van der Waals surface area contributed by atoms with E-state index >= 15 is 0 Å². The average molecular weight is 316 g/mol. The van der Waals surface area contributed by atoms with Crippen molar-refractivity contribution in [3.05, 3.63) is 35.9 Å². The number of rotatable bonds is 5. The molecule has 1 amide bonds. The Morgan fingerprint density at radius 1 is 1.13 bits per heavy atom. The molecule has 0 aliphatic carbocycles. The van der Waals surface area contributed by atoms with Gasteiger partial charge in [-0.15, -0.1) is 0 Å². The number of carbonyl (C=O) groups is 1. The fraction of sp³-hybridized carbons (Fsp3) is 0.632. The number of likely N-dealkylation sites (tertiary alicyclic amines) is 2. The lowest BCUT2D eigenvalue weighted by atomic mass is 9.73. The van der Waals surface area contributed by atoms with Crippen LogP contribution < -0.4 is 0 Å². The SMILES string of the molecule is O=C1CCC2(CCCN(Cc3ccccc3)C2)CN1CCCO. The zero-order chi connectivity index (χ0) is 16.1. The molecule has 0 radical (unpaired) electrons. The van der Waals surface area contributed by atoms with E-state index < -0.39 is 0 Å². The van der Waals surface area contributed by atoms with E-state index in [1.54, 1.807) is 0 Å². The van der Waals surface area contributed by atoms with Gasteiger partial charge >= 0.3 is 0 Å². The lowest BCUT2D eigenvalue weighted by Gasteiger charge is -2.48. The van der Waals surface area contributed by atoms with E-state index in [1.165, 1.54) is 18.4 Å². The molecule has 4 nitrogen and oxygen atoms in total. The van der Waals surface area contributed by atoms with Gasteiger partial charge in [-0.2, -0.15) is 0 Å². The highest BCUT2D eigenvalue weighted by atomic mass is 16.3. The maximum Gasteiger partial charge on any atom is 0.222 e. The average Bonchev–Trinajstić information content (AvgIpc) is 2.57. The molecule has 0 aromatic heterocycles. The number of hydrogen-bond acceptors (Lipinski definition) is 3. The Labute approximate surface area is 139 Å². The summed E-state index contributed by atoms with van der Waals surface area (Å²) in [7, 11) is 0. The van der Waals surface area contributed by atoms with Gasteiger partial charge < -0.3 is 10.0 Å². The third-order valence-electron chi connectivity index (χ3n) is 5.32. The highest BCUT2D eigenvalue weighted by molar-refractivity contribution is 5.77. The second-order valence-electron chi connectivity index (χ2n) is 7.19. The second-order valence-corrected chi connectivity index (χ2v) is 7.19. The van der Waals surface area contributed by atoms with Crippen molar-refractivity contribution in [2.24, 2.45) is 5.41 Å². The molecule has 1 unspecified atom stereocenters. The molecule has 1 aromatic rings. The van der Waals surface area contributed by atoms with E-state index in [-0.39, 0.29) is 17.9 Å². The Hall–Kier alpha value is -1.39. The number of carbonyl (C=O) groups excluding carboxylic acids is 1. The standard InChI is InChI=1S/C19H28N2O2/c22-13-5-12-21-16-19(10-8-18(21)23)9-4-11-20(15-19)14-17-6-2-1-3-7-17/h1-3,6-7,22H,4-5,8-16H2. The summed E-state index contributed by atoms with van der Waals surface area (Å²) < 4.78 is 0. The topological polar surface area (TPSA) is 43.8 Å². The van der Waals surface area contributed by atoms with Crippen molar-refractivity contribution < 1.29 is 9.90 Å². The quantitative estimate of drug-likeness (QED) is 0.906. The summed E-state index contributed by atoms with van der Waals surface area (Å²) >= 11 is 0. The number of nitrogens with zero attached hydrogens (tertiary/aromatic N) is 2. The van der Waals surface area contributed by atoms with Crippen molar-refractivity contribution in [3.63, 3.8) is 0 Å². The largest absolute Gasteiger partial charge is 0.396 e. The number of hydrogen-bond donors (Lipinski definition) is 1. The van der Waals surface area contributed by atoms with Crippen molar-refractivity contribution in [1.29, 1.82) is 0 Å². The van der Waals surface area contributed by atoms with E-state index in [1.807, 2.05) is 4.90 Å². The van der Waals surface area contributed by atoms with Crippen molar-refractivity contribution in [3.8, 4) is 0 Å². The molecule has 1 spiro atoms. The van der Waals surface area contributed by atoms with E-state index in [9.17, 15) is 4.79 Å². The Balaban J connectivity index is 1.63. The summed E-state index contributed by atoms with van der Waals surface area (Å²) in [4.78, 5) is 16.7. The summed E-state index contributed by atoms with van der Waals surface area (Å²) in [5, 5.41) is 9.04. The molecule has 2 heterocycles. The third-order valence-corrected chi connectivity index (χ3v) is 5.32. The molecule has 1 aromatic carbocycles. The van der Waals surface area contributed by atoms with Crippen LogP contribution in [0.1, 0.15) is 37.7 Å². The van der Waals surface area contributed by atoms with E-state index in [0.717, 1.165) is 32.6 Å². The maximum absolute atomic E-state index is 12.1. The number of benzene rings is 1. The normalized spacial score (nSPS) is 26.0. The van der Waals surface area contributed by atoms with Crippen molar-refractivity contribution in [2.45, 2.75) is 38.6 Å². The first-order chi connectivity index (χ1) is 11.2. The first-order valence-corrected chi connectivity index (χ1v) is 8.86. The number of amides is 1. The second kappa shape index (κ2) is 7.45. The molecule has 2 saturated heterocycles. The van der Waals surface area contributed by atoms with Crippen LogP contribution in [0.3, 0.4) is 0 Å². The minimum absolute atomic E-state index is 0.164. The molecule has 0 bridgehead atoms. The minimum Gasteiger partial charge on any atom is -0.396 e. The zero-order valence-corrected chi connectivity index (χ0v) is 13.9. The highest BCUT2D eigenvalue weighted by Gasteiger charge is 2.41. The van der Waals surface area contributed by atoms with Gasteiger partial charge in [-0.25, -0.2) is 0 Å². The van der Waals surface area contributed by atoms with Crippen LogP contribution >= 0.6 is 0 Å². The molecular weight excluding hydrogens is 288 g/mol. The monoisotopic (exact) mass is 316 g/mol. The van der Waals surface area contributed by atoms with Gasteiger partial charge in [0.2, 0.25) is 5.91 Å². The zero-order valence-electron chi connectivity index (χ0n) is 13.9. The molecule has 1 N–H and O–H groups in total. The minimum atomic E-state index is 0.164. The van der Waals surface area contributed by atoms with Gasteiger partial charge in [-0.3, -0.25) is 9.69 Å². The van der Waals surface area contributed by atoms with Crippen LogP contribution in [0, 0.1) is 5.41 Å². The molecule has 126 valence electrons. The van der Waals surface area contributed by atoms with E-state index in [0.29, 0.717) is 19.4 Å². The molecule has 3 rings (SSSR count). The smallest absolute Gasteiger partial charge is 0.222 e. The predicted molar refractivity (Wildman–Crippen MR) is 90.9 cm³/mol. The lowest BCUT2D eigenvalue weighted by molar-refractivity contribution is -0.139. The third kappa shape index (κ3) is 4.12. The highest BCUT2D eigenvalue weighted by Crippen LogP contribution is 2.39. The van der Waals surface area contributed by atoms with Crippen molar-refractivity contribution in [1.82, 2.24) is 9.80 Å². The van der Waals surface area contributed by atoms with Gasteiger partial charge in [0.1, 0.15) is 0 Å². The predicted octanol–water partition coefficient (Wildman–Crippen LogP) is 2.27. The summed E-state index contributed by atoms with van der Waals surface area (Å²) in [5.41, 5.74) is 1.63. The fourth-order valence-corrected chi connectivity index (χ4v) is 4.19. The maximum atomic E-state index is 12.1. The van der Waals surface area contributed by atoms with Crippen LogP contribution in [0.25, 0.3) is 0 Å². The molecule has 4 heteroatoms. The summed E-state index contributed by atoms with van der Waals surface area (Å²) in [5.74, 6) is 0.268. The Morgan fingerprint density at radius 3 is 2.74 bits per heavy atom. The van der Waals surface area contributed by atoms with Crippen LogP contribution in [-0.2, 0) is 11.3 Å². The Kier molecular flexibility index (Phi) is 5.34. The molecule has 2 aliphatic heterocycles. The molecule has 23 heavy (non-hydrogen) atoms. The fourth-order valence-electron chi connectivity index (χ4n) is 4.19. The first kappa shape index (κ1) is 16.5. The van der Waals surface area contributed by atoms with Crippen LogP contribution in [0.5, 0.6) is 0 Å². The van der Waals surface area contributed by atoms with Gasteiger partial charge in [0.05, 0.1) is 0 Å². The molecule has 1 atom stereocenters. The van der Waals surface area contributed by atoms with Gasteiger partial charge in [0.25, 0.3) is 0 Å². The summed E-state index contributed by atoms with van der Waals surface area (Å²) in [6.07, 6.45) is 4.82. The van der Waals surface area contributed by atoms with Crippen LogP contribution in [-0.4, -0.2) is 53.6 Å². The lowest BCUT2D eigenvalue weighted by Crippen LogP contribution is -2.54.